The van der Waals surface area contributed by atoms with Gasteiger partial charge in [-0.1, -0.05) is 24.3 Å². The summed E-state index contributed by atoms with van der Waals surface area (Å²) in [5.74, 6) is -0.631. The van der Waals surface area contributed by atoms with Crippen molar-refractivity contribution >= 4 is 17.5 Å². The summed E-state index contributed by atoms with van der Waals surface area (Å²) in [6.45, 7) is 0.845. The zero-order chi connectivity index (χ0) is 17.6. The van der Waals surface area contributed by atoms with Crippen molar-refractivity contribution < 1.29 is 18.7 Å². The fourth-order valence-electron chi connectivity index (χ4n) is 2.67. The minimum atomic E-state index is -0.498. The number of hydrogen-bond donors (Lipinski definition) is 1. The second-order valence-electron chi connectivity index (χ2n) is 5.81. The maximum Gasteiger partial charge on any atom is 0.258 e. The fourth-order valence-corrected chi connectivity index (χ4v) is 2.67. The molecule has 2 aromatic carbocycles. The van der Waals surface area contributed by atoms with Gasteiger partial charge in [-0.05, 0) is 36.2 Å². The minimum absolute atomic E-state index is 0.0530. The molecule has 1 N–H and O–H groups in total. The van der Waals surface area contributed by atoms with E-state index in [0.717, 1.165) is 24.2 Å². The molecule has 0 spiro atoms. The average Bonchev–Trinajstić information content (AvgIpc) is 3.06. The first-order valence-corrected chi connectivity index (χ1v) is 8.17. The number of hydrogen-bond acceptors (Lipinski definition) is 3. The standard InChI is InChI=1S/C19H19FN2O3/c20-16-4-1-2-5-17(16)25-13-18(23)21-12-14-7-9-15(10-8-14)22-11-3-6-19(22)24/h1-2,4-5,7-10H,3,6,11-13H2,(H,21,23). The number of ether oxygens (including phenoxy) is 1. The van der Waals surface area contributed by atoms with Crippen LogP contribution in [0.25, 0.3) is 0 Å². The van der Waals surface area contributed by atoms with Crippen molar-refractivity contribution in [2.24, 2.45) is 0 Å². The lowest BCUT2D eigenvalue weighted by Crippen LogP contribution is -2.28. The third-order valence-electron chi connectivity index (χ3n) is 4.01. The lowest BCUT2D eigenvalue weighted by molar-refractivity contribution is -0.123. The molecule has 1 aliphatic heterocycles. The third-order valence-corrected chi connectivity index (χ3v) is 4.01. The van der Waals surface area contributed by atoms with E-state index in [1.165, 1.54) is 12.1 Å². The van der Waals surface area contributed by atoms with E-state index in [0.29, 0.717) is 13.0 Å². The number of anilines is 1. The number of nitrogens with zero attached hydrogens (tertiary/aromatic N) is 1. The summed E-state index contributed by atoms with van der Waals surface area (Å²) in [5.41, 5.74) is 1.79. The average molecular weight is 342 g/mol. The Bertz CT molecular complexity index is 762. The summed E-state index contributed by atoms with van der Waals surface area (Å²) in [6, 6.07) is 13.4. The van der Waals surface area contributed by atoms with Gasteiger partial charge in [-0.15, -0.1) is 0 Å². The lowest BCUT2D eigenvalue weighted by atomic mass is 10.2. The van der Waals surface area contributed by atoms with Gasteiger partial charge in [0.1, 0.15) is 0 Å². The molecule has 0 aliphatic carbocycles. The van der Waals surface area contributed by atoms with Crippen LogP contribution in [0.4, 0.5) is 10.1 Å². The number of halogens is 1. The summed E-state index contributed by atoms with van der Waals surface area (Å²) in [7, 11) is 0. The molecule has 3 rings (SSSR count). The predicted molar refractivity (Wildman–Crippen MR) is 91.8 cm³/mol. The van der Waals surface area contributed by atoms with E-state index in [9.17, 15) is 14.0 Å². The van der Waals surface area contributed by atoms with E-state index in [2.05, 4.69) is 5.32 Å². The Balaban J connectivity index is 1.47. The van der Waals surface area contributed by atoms with Crippen molar-refractivity contribution in [1.82, 2.24) is 5.32 Å². The van der Waals surface area contributed by atoms with Crippen molar-refractivity contribution in [2.75, 3.05) is 18.1 Å². The molecular formula is C19H19FN2O3. The number of nitrogens with one attached hydrogen (secondary N) is 1. The molecule has 2 amide bonds. The topological polar surface area (TPSA) is 58.6 Å². The van der Waals surface area contributed by atoms with E-state index in [1.807, 2.05) is 24.3 Å². The van der Waals surface area contributed by atoms with Crippen molar-refractivity contribution in [1.29, 1.82) is 0 Å². The highest BCUT2D eigenvalue weighted by molar-refractivity contribution is 5.95. The highest BCUT2D eigenvalue weighted by Gasteiger charge is 2.21. The molecule has 0 radical (unpaired) electrons. The molecule has 1 aliphatic rings. The van der Waals surface area contributed by atoms with E-state index in [1.54, 1.807) is 17.0 Å². The van der Waals surface area contributed by atoms with E-state index < -0.39 is 5.82 Å². The molecule has 0 atom stereocenters. The van der Waals surface area contributed by atoms with Gasteiger partial charge in [-0.25, -0.2) is 4.39 Å². The highest BCUT2D eigenvalue weighted by atomic mass is 19.1. The molecule has 2 aromatic rings. The van der Waals surface area contributed by atoms with Crippen LogP contribution in [0, 0.1) is 5.82 Å². The first kappa shape index (κ1) is 17.0. The van der Waals surface area contributed by atoms with Crippen LogP contribution in [0.5, 0.6) is 5.75 Å². The van der Waals surface area contributed by atoms with E-state index in [4.69, 9.17) is 4.74 Å². The summed E-state index contributed by atoms with van der Waals surface area (Å²) in [4.78, 5) is 25.3. The van der Waals surface area contributed by atoms with Crippen molar-refractivity contribution in [2.45, 2.75) is 19.4 Å². The monoisotopic (exact) mass is 342 g/mol. The van der Waals surface area contributed by atoms with Crippen molar-refractivity contribution in [3.05, 3.63) is 59.9 Å². The maximum absolute atomic E-state index is 13.4. The van der Waals surface area contributed by atoms with Gasteiger partial charge in [0.2, 0.25) is 5.91 Å². The van der Waals surface area contributed by atoms with Crippen LogP contribution in [0.3, 0.4) is 0 Å². The second-order valence-corrected chi connectivity index (χ2v) is 5.81. The molecule has 130 valence electrons. The summed E-state index contributed by atoms with van der Waals surface area (Å²) in [6.07, 6.45) is 1.48. The van der Waals surface area contributed by atoms with Gasteiger partial charge in [-0.2, -0.15) is 0 Å². The van der Waals surface area contributed by atoms with Gasteiger partial charge in [0.15, 0.2) is 18.2 Å². The summed E-state index contributed by atoms with van der Waals surface area (Å²) >= 11 is 0. The normalized spacial score (nSPS) is 13.8. The third kappa shape index (κ3) is 4.35. The Labute approximate surface area is 145 Å². The van der Waals surface area contributed by atoms with Crippen LogP contribution in [0.2, 0.25) is 0 Å². The van der Waals surface area contributed by atoms with Gasteiger partial charge >= 0.3 is 0 Å². The number of para-hydroxylation sites is 1. The minimum Gasteiger partial charge on any atom is -0.481 e. The lowest BCUT2D eigenvalue weighted by Gasteiger charge is -2.16. The first-order valence-electron chi connectivity index (χ1n) is 8.17. The number of amides is 2. The Kier molecular flexibility index (Phi) is 5.28. The Morgan fingerprint density at radius 3 is 2.60 bits per heavy atom. The van der Waals surface area contributed by atoms with Crippen molar-refractivity contribution in [3.63, 3.8) is 0 Å². The molecule has 6 heteroatoms. The van der Waals surface area contributed by atoms with Crippen LogP contribution in [-0.4, -0.2) is 25.0 Å². The molecule has 0 saturated carbocycles. The summed E-state index contributed by atoms with van der Waals surface area (Å²) < 4.78 is 18.6. The Morgan fingerprint density at radius 2 is 1.92 bits per heavy atom. The number of rotatable bonds is 6. The van der Waals surface area contributed by atoms with E-state index in [-0.39, 0.29) is 24.2 Å². The van der Waals surface area contributed by atoms with Gasteiger partial charge in [-0.3, -0.25) is 9.59 Å². The fraction of sp³-hybridized carbons (Fsp3) is 0.263. The SMILES string of the molecule is O=C(COc1ccccc1F)NCc1ccc(N2CCCC2=O)cc1. The molecule has 1 saturated heterocycles. The molecule has 5 nitrogen and oxygen atoms in total. The predicted octanol–water partition coefficient (Wildman–Crippen LogP) is 2.65. The second kappa shape index (κ2) is 7.79. The molecule has 1 fully saturated rings. The number of benzene rings is 2. The van der Waals surface area contributed by atoms with Gasteiger partial charge in [0, 0.05) is 25.2 Å². The van der Waals surface area contributed by atoms with E-state index >= 15 is 0 Å². The van der Waals surface area contributed by atoms with Gasteiger partial charge in [0.05, 0.1) is 0 Å². The van der Waals surface area contributed by atoms with Gasteiger partial charge in [0.25, 0.3) is 5.91 Å². The smallest absolute Gasteiger partial charge is 0.258 e. The molecule has 0 aromatic heterocycles. The van der Waals surface area contributed by atoms with Crippen LogP contribution in [-0.2, 0) is 16.1 Å². The first-order chi connectivity index (χ1) is 12.1. The molecular weight excluding hydrogens is 323 g/mol. The maximum atomic E-state index is 13.4. The zero-order valence-corrected chi connectivity index (χ0v) is 13.7. The highest BCUT2D eigenvalue weighted by Crippen LogP contribution is 2.21. The number of carbonyl (C=O) groups is 2. The Morgan fingerprint density at radius 1 is 1.16 bits per heavy atom. The largest absolute Gasteiger partial charge is 0.481 e. The van der Waals surface area contributed by atoms with Crippen LogP contribution in [0.1, 0.15) is 18.4 Å². The zero-order valence-electron chi connectivity index (χ0n) is 13.7. The Hall–Kier alpha value is -2.89. The number of carbonyl (C=O) groups excluding carboxylic acids is 2. The van der Waals surface area contributed by atoms with Crippen LogP contribution < -0.4 is 15.0 Å². The quantitative estimate of drug-likeness (QED) is 0.878. The van der Waals surface area contributed by atoms with Crippen LogP contribution >= 0.6 is 0 Å². The van der Waals surface area contributed by atoms with Crippen LogP contribution in [0.15, 0.2) is 48.5 Å². The summed E-state index contributed by atoms with van der Waals surface area (Å²) in [5, 5.41) is 2.72. The molecule has 25 heavy (non-hydrogen) atoms. The van der Waals surface area contributed by atoms with Crippen molar-refractivity contribution in [3.8, 4) is 5.75 Å². The molecule has 0 bridgehead atoms. The van der Waals surface area contributed by atoms with Gasteiger partial charge < -0.3 is 15.0 Å². The molecule has 1 heterocycles. The molecule has 0 unspecified atom stereocenters.